The summed E-state index contributed by atoms with van der Waals surface area (Å²) in [6, 6.07) is 16.3. The van der Waals surface area contributed by atoms with Gasteiger partial charge in [0.1, 0.15) is 12.7 Å². The van der Waals surface area contributed by atoms with Crippen molar-refractivity contribution in [1.82, 2.24) is 10.5 Å². The van der Waals surface area contributed by atoms with E-state index in [0.717, 1.165) is 11.1 Å². The summed E-state index contributed by atoms with van der Waals surface area (Å²) >= 11 is 0. The van der Waals surface area contributed by atoms with Crippen LogP contribution in [0.2, 0.25) is 0 Å². The molecule has 0 radical (unpaired) electrons. The van der Waals surface area contributed by atoms with Crippen molar-refractivity contribution >= 4 is 5.91 Å². The molecule has 0 aliphatic rings. The van der Waals surface area contributed by atoms with E-state index >= 15 is 0 Å². The molecule has 0 aliphatic carbocycles. The first-order valence-electron chi connectivity index (χ1n) is 10.2. The van der Waals surface area contributed by atoms with Gasteiger partial charge in [0, 0.05) is 18.2 Å². The molecule has 0 aliphatic heterocycles. The molecule has 33 heavy (non-hydrogen) atoms. The van der Waals surface area contributed by atoms with Crippen molar-refractivity contribution in [2.75, 3.05) is 26.9 Å². The zero-order valence-electron chi connectivity index (χ0n) is 18.1. The summed E-state index contributed by atoms with van der Waals surface area (Å²) in [5.41, 5.74) is 2.45. The molecule has 3 aromatic rings. The van der Waals surface area contributed by atoms with Crippen molar-refractivity contribution in [2.24, 2.45) is 0 Å². The van der Waals surface area contributed by atoms with Crippen LogP contribution in [-0.2, 0) is 16.0 Å². The fourth-order valence-corrected chi connectivity index (χ4v) is 3.16. The SMILES string of the molecule is C#CCOC(C(=O)NCCc1ccc(OCC#N)c(OC)c1)c1ccc(-c2ccno2)cc1. The van der Waals surface area contributed by atoms with Crippen LogP contribution < -0.4 is 14.8 Å². The topological polar surface area (TPSA) is 107 Å². The third-order valence-corrected chi connectivity index (χ3v) is 4.74. The number of ether oxygens (including phenoxy) is 3. The monoisotopic (exact) mass is 445 g/mol. The molecule has 0 spiro atoms. The lowest BCUT2D eigenvalue weighted by atomic mass is 10.0. The van der Waals surface area contributed by atoms with Gasteiger partial charge >= 0.3 is 0 Å². The summed E-state index contributed by atoms with van der Waals surface area (Å²) in [4.78, 5) is 12.8. The maximum absolute atomic E-state index is 12.8. The lowest BCUT2D eigenvalue weighted by Crippen LogP contribution is -2.32. The fraction of sp³-hybridized carbons (Fsp3) is 0.240. The Morgan fingerprint density at radius 1 is 1.18 bits per heavy atom. The Labute approximate surface area is 192 Å². The Morgan fingerprint density at radius 3 is 2.67 bits per heavy atom. The average Bonchev–Trinajstić information content (AvgIpc) is 3.39. The van der Waals surface area contributed by atoms with Crippen molar-refractivity contribution in [3.63, 3.8) is 0 Å². The van der Waals surface area contributed by atoms with E-state index < -0.39 is 6.10 Å². The highest BCUT2D eigenvalue weighted by Gasteiger charge is 2.21. The van der Waals surface area contributed by atoms with Gasteiger partial charge in [-0.25, -0.2) is 0 Å². The first kappa shape index (κ1) is 23.4. The second kappa shape index (κ2) is 11.9. The molecule has 0 bridgehead atoms. The van der Waals surface area contributed by atoms with Gasteiger partial charge in [-0.15, -0.1) is 6.42 Å². The number of aromatic nitrogens is 1. The number of rotatable bonds is 11. The number of terminal acetylenes is 1. The molecule has 0 saturated heterocycles. The number of carbonyl (C=O) groups is 1. The highest BCUT2D eigenvalue weighted by atomic mass is 16.5. The molecule has 1 amide bonds. The van der Waals surface area contributed by atoms with Gasteiger partial charge < -0.3 is 24.1 Å². The maximum atomic E-state index is 12.8. The van der Waals surface area contributed by atoms with Crippen LogP contribution in [0.5, 0.6) is 11.5 Å². The fourth-order valence-electron chi connectivity index (χ4n) is 3.16. The van der Waals surface area contributed by atoms with Crippen molar-refractivity contribution < 1.29 is 23.5 Å². The van der Waals surface area contributed by atoms with Crippen molar-refractivity contribution in [2.45, 2.75) is 12.5 Å². The quantitative estimate of drug-likeness (QED) is 0.451. The van der Waals surface area contributed by atoms with E-state index in [-0.39, 0.29) is 19.1 Å². The molecule has 3 rings (SSSR count). The molecule has 1 unspecified atom stereocenters. The summed E-state index contributed by atoms with van der Waals surface area (Å²) < 4.78 is 21.4. The summed E-state index contributed by atoms with van der Waals surface area (Å²) in [7, 11) is 1.53. The second-order valence-electron chi connectivity index (χ2n) is 6.87. The number of methoxy groups -OCH3 is 1. The third kappa shape index (κ3) is 6.36. The van der Waals surface area contributed by atoms with E-state index in [1.165, 1.54) is 7.11 Å². The number of carbonyl (C=O) groups excluding carboxylic acids is 1. The second-order valence-corrected chi connectivity index (χ2v) is 6.87. The summed E-state index contributed by atoms with van der Waals surface area (Å²) in [5, 5.41) is 15.3. The Balaban J connectivity index is 1.62. The van der Waals surface area contributed by atoms with Crippen LogP contribution in [-0.4, -0.2) is 37.9 Å². The Kier molecular flexibility index (Phi) is 8.47. The Bertz CT molecular complexity index is 1130. The number of hydrogen-bond acceptors (Lipinski definition) is 7. The molecule has 1 N–H and O–H groups in total. The number of nitrogens with one attached hydrogen (secondary N) is 1. The molecule has 1 aromatic heterocycles. The normalized spacial score (nSPS) is 11.1. The standard InChI is InChI=1S/C25H23N3O5/c1-3-15-32-24(20-7-5-19(6-8-20)21-11-14-28-33-21)25(29)27-13-10-18-4-9-22(31-16-12-26)23(17-18)30-2/h1,4-9,11,14,17,24H,10,13,15-16H2,2H3,(H,27,29). The molecular formula is C25H23N3O5. The van der Waals surface area contributed by atoms with Gasteiger partial charge in [0.25, 0.3) is 5.91 Å². The first-order chi connectivity index (χ1) is 16.2. The van der Waals surface area contributed by atoms with Crippen molar-refractivity contribution in [3.8, 4) is 41.2 Å². The summed E-state index contributed by atoms with van der Waals surface area (Å²) in [6.07, 6.45) is 6.61. The van der Waals surface area contributed by atoms with Gasteiger partial charge in [-0.05, 0) is 29.7 Å². The molecule has 1 heterocycles. The van der Waals surface area contributed by atoms with Gasteiger partial charge in [0.15, 0.2) is 30.0 Å². The number of hydrogen-bond donors (Lipinski definition) is 1. The number of nitriles is 1. The van der Waals surface area contributed by atoms with Crippen LogP contribution in [0.3, 0.4) is 0 Å². The molecular weight excluding hydrogens is 422 g/mol. The molecule has 2 aromatic carbocycles. The Hall–Kier alpha value is -4.27. The lowest BCUT2D eigenvalue weighted by molar-refractivity contribution is -0.132. The van der Waals surface area contributed by atoms with Gasteiger partial charge in [-0.3, -0.25) is 4.79 Å². The first-order valence-corrected chi connectivity index (χ1v) is 10.2. The zero-order valence-corrected chi connectivity index (χ0v) is 18.1. The maximum Gasteiger partial charge on any atom is 0.253 e. The van der Waals surface area contributed by atoms with E-state index in [9.17, 15) is 4.79 Å². The van der Waals surface area contributed by atoms with Gasteiger partial charge in [-0.2, -0.15) is 5.26 Å². The van der Waals surface area contributed by atoms with Crippen LogP contribution in [0.4, 0.5) is 0 Å². The van der Waals surface area contributed by atoms with E-state index in [2.05, 4.69) is 16.4 Å². The van der Waals surface area contributed by atoms with Crippen LogP contribution in [0.25, 0.3) is 11.3 Å². The lowest BCUT2D eigenvalue weighted by Gasteiger charge is -2.17. The molecule has 8 nitrogen and oxygen atoms in total. The van der Waals surface area contributed by atoms with Crippen molar-refractivity contribution in [3.05, 3.63) is 65.9 Å². The Morgan fingerprint density at radius 2 is 2.00 bits per heavy atom. The number of amides is 1. The van der Waals surface area contributed by atoms with Crippen molar-refractivity contribution in [1.29, 1.82) is 5.26 Å². The predicted octanol–water partition coefficient (Wildman–Crippen LogP) is 3.30. The largest absolute Gasteiger partial charge is 0.493 e. The highest BCUT2D eigenvalue weighted by Crippen LogP contribution is 2.28. The van der Waals surface area contributed by atoms with E-state index in [1.54, 1.807) is 30.5 Å². The van der Waals surface area contributed by atoms with Crippen LogP contribution in [0.15, 0.2) is 59.3 Å². The molecule has 0 saturated carbocycles. The minimum Gasteiger partial charge on any atom is -0.493 e. The third-order valence-electron chi connectivity index (χ3n) is 4.74. The number of benzene rings is 2. The van der Waals surface area contributed by atoms with E-state index in [0.29, 0.717) is 35.8 Å². The van der Waals surface area contributed by atoms with E-state index in [1.807, 2.05) is 30.3 Å². The van der Waals surface area contributed by atoms with Gasteiger partial charge in [0.05, 0.1) is 13.3 Å². The number of nitrogens with zero attached hydrogens (tertiary/aromatic N) is 2. The molecule has 1 atom stereocenters. The predicted molar refractivity (Wildman–Crippen MR) is 120 cm³/mol. The van der Waals surface area contributed by atoms with Crippen LogP contribution in [0.1, 0.15) is 17.2 Å². The minimum atomic E-state index is -0.846. The highest BCUT2D eigenvalue weighted by molar-refractivity contribution is 5.82. The molecule has 168 valence electrons. The summed E-state index contributed by atoms with van der Waals surface area (Å²) in [6.45, 7) is 0.319. The average molecular weight is 445 g/mol. The van der Waals surface area contributed by atoms with Crippen LogP contribution in [0, 0.1) is 23.7 Å². The van der Waals surface area contributed by atoms with Crippen LogP contribution >= 0.6 is 0 Å². The van der Waals surface area contributed by atoms with Gasteiger partial charge in [-0.1, -0.05) is 41.4 Å². The van der Waals surface area contributed by atoms with E-state index in [4.69, 9.17) is 30.4 Å². The smallest absolute Gasteiger partial charge is 0.253 e. The van der Waals surface area contributed by atoms with Gasteiger partial charge in [0.2, 0.25) is 0 Å². The molecule has 8 heteroatoms. The zero-order chi connectivity index (χ0) is 23.5. The molecule has 0 fully saturated rings. The summed E-state index contributed by atoms with van der Waals surface area (Å²) in [5.74, 6) is 3.75. The minimum absolute atomic E-state index is 0.00327.